The van der Waals surface area contributed by atoms with Gasteiger partial charge in [0.05, 0.1) is 49.5 Å². The SMILES string of the molecule is CNC(=O)c1cn(COC(=O)c2ccc(OC)c(OP(=O)(OCc3ccccc3)OCc3ccccc3)c2)c(NC(=O)C2CC2)cc1=Nc1cccc(/C(N)=N/N(C)N)c1OC. The largest absolute Gasteiger partial charge is 0.530 e. The van der Waals surface area contributed by atoms with Gasteiger partial charge in [0.15, 0.2) is 29.8 Å². The van der Waals surface area contributed by atoms with Crippen molar-refractivity contribution in [1.82, 2.24) is 15.0 Å². The van der Waals surface area contributed by atoms with Gasteiger partial charge in [-0.05, 0) is 54.3 Å². The van der Waals surface area contributed by atoms with Crippen LogP contribution in [0.15, 0.2) is 119 Å². The van der Waals surface area contributed by atoms with E-state index in [4.69, 9.17) is 44.4 Å². The standard InChI is InChI=1S/C43H47N8O10P/c1-46-42(53)33-24-51(38(48-41(52)30-18-19-30)23-35(33)47-34-17-11-16-32(39(34)57-4)40(44)49-50(2)45)27-58-43(54)31-20-21-36(56-3)37(22-31)61-62(55,59-25-28-12-7-5-8-13-28)60-26-29-14-9-6-10-15-29/h5-17,20-24,30H,18-19,25-27,45H2,1-4H3,(H2,44,49)(H,46,53)(H,48,52). The highest BCUT2D eigenvalue weighted by molar-refractivity contribution is 7.48. The van der Waals surface area contributed by atoms with Gasteiger partial charge in [-0.15, -0.1) is 5.10 Å². The third-order valence-electron chi connectivity index (χ3n) is 9.20. The summed E-state index contributed by atoms with van der Waals surface area (Å²) in [6.07, 6.45) is 2.82. The fourth-order valence-corrected chi connectivity index (χ4v) is 7.09. The molecule has 0 spiro atoms. The second kappa shape index (κ2) is 20.5. The Morgan fingerprint density at radius 1 is 0.855 bits per heavy atom. The van der Waals surface area contributed by atoms with E-state index < -0.39 is 26.4 Å². The summed E-state index contributed by atoms with van der Waals surface area (Å²) in [6.45, 7) is -0.676. The van der Waals surface area contributed by atoms with Crippen LogP contribution in [0.3, 0.4) is 0 Å². The summed E-state index contributed by atoms with van der Waals surface area (Å²) in [5, 5.41) is 10.7. The number of nitrogens with zero attached hydrogens (tertiary/aromatic N) is 4. The maximum absolute atomic E-state index is 14.2. The molecule has 1 aromatic heterocycles. The van der Waals surface area contributed by atoms with Gasteiger partial charge in [0.1, 0.15) is 11.5 Å². The number of methoxy groups -OCH3 is 2. The van der Waals surface area contributed by atoms with Crippen LogP contribution in [0.5, 0.6) is 17.2 Å². The first-order chi connectivity index (χ1) is 29.9. The maximum atomic E-state index is 14.2. The molecule has 1 aliphatic carbocycles. The molecule has 0 atom stereocenters. The molecule has 1 saturated carbocycles. The number of amidine groups is 1. The van der Waals surface area contributed by atoms with Gasteiger partial charge >= 0.3 is 13.8 Å². The quantitative estimate of drug-likeness (QED) is 0.0198. The molecule has 1 heterocycles. The number of phosphoric ester groups is 1. The Kier molecular flexibility index (Phi) is 14.8. The van der Waals surface area contributed by atoms with Gasteiger partial charge in [0.25, 0.3) is 5.91 Å². The van der Waals surface area contributed by atoms with Crippen molar-refractivity contribution in [2.24, 2.45) is 27.6 Å². The summed E-state index contributed by atoms with van der Waals surface area (Å²) in [7, 11) is 1.40. The fourth-order valence-electron chi connectivity index (χ4n) is 5.91. The molecule has 19 heteroatoms. The zero-order chi connectivity index (χ0) is 44.2. The molecule has 5 aromatic rings. The van der Waals surface area contributed by atoms with Gasteiger partial charge in [-0.25, -0.2) is 25.3 Å². The topological polar surface area (TPSA) is 233 Å². The summed E-state index contributed by atoms with van der Waals surface area (Å²) in [5.74, 6) is 4.33. The number of rotatable bonds is 19. The molecule has 6 rings (SSSR count). The van der Waals surface area contributed by atoms with E-state index in [0.29, 0.717) is 18.4 Å². The van der Waals surface area contributed by atoms with Gasteiger partial charge < -0.3 is 35.1 Å². The van der Waals surface area contributed by atoms with E-state index in [-0.39, 0.29) is 76.1 Å². The summed E-state index contributed by atoms with van der Waals surface area (Å²) in [4.78, 5) is 45.0. The average molecular weight is 867 g/mol. The molecule has 0 bridgehead atoms. The number of hydrazine groups is 1. The van der Waals surface area contributed by atoms with Crippen molar-refractivity contribution in [3.05, 3.63) is 142 Å². The minimum atomic E-state index is -4.37. The Hall–Kier alpha value is -6.98. The lowest BCUT2D eigenvalue weighted by atomic mass is 10.1. The molecule has 2 amide bonds. The number of esters is 1. The number of pyridine rings is 1. The lowest BCUT2D eigenvalue weighted by Crippen LogP contribution is -2.29. The number of para-hydroxylation sites is 1. The number of phosphoric acid groups is 1. The first-order valence-corrected chi connectivity index (χ1v) is 20.7. The van der Waals surface area contributed by atoms with Crippen LogP contribution in [-0.4, -0.2) is 61.6 Å². The number of carbonyl (C=O) groups is 3. The second-order valence-corrected chi connectivity index (χ2v) is 15.4. The first kappa shape index (κ1) is 44.6. The van der Waals surface area contributed by atoms with Crippen LogP contribution in [0.25, 0.3) is 0 Å². The molecule has 0 saturated heterocycles. The number of hydrogen-bond donors (Lipinski definition) is 4. The van der Waals surface area contributed by atoms with E-state index in [9.17, 15) is 18.9 Å². The Labute approximate surface area is 357 Å². The van der Waals surface area contributed by atoms with Gasteiger partial charge in [0, 0.05) is 32.3 Å². The zero-order valence-corrected chi connectivity index (χ0v) is 35.4. The molecular formula is C43H47N8O10P. The smallest absolute Gasteiger partial charge is 0.494 e. The van der Waals surface area contributed by atoms with E-state index >= 15 is 0 Å². The number of nitrogens with one attached hydrogen (secondary N) is 2. The molecule has 324 valence electrons. The first-order valence-electron chi connectivity index (χ1n) is 19.2. The van der Waals surface area contributed by atoms with Crippen LogP contribution in [0.2, 0.25) is 0 Å². The third-order valence-corrected chi connectivity index (χ3v) is 10.5. The predicted octanol–water partition coefficient (Wildman–Crippen LogP) is 5.61. The zero-order valence-electron chi connectivity index (χ0n) is 34.5. The van der Waals surface area contributed by atoms with Crippen molar-refractivity contribution in [1.29, 1.82) is 0 Å². The Morgan fingerprint density at radius 3 is 2.10 bits per heavy atom. The van der Waals surface area contributed by atoms with E-state index in [1.807, 2.05) is 36.4 Å². The van der Waals surface area contributed by atoms with E-state index in [1.54, 1.807) is 42.5 Å². The van der Waals surface area contributed by atoms with Crippen LogP contribution >= 0.6 is 7.82 Å². The van der Waals surface area contributed by atoms with Crippen molar-refractivity contribution in [2.45, 2.75) is 32.8 Å². The second-order valence-electron chi connectivity index (χ2n) is 13.8. The van der Waals surface area contributed by atoms with Crippen molar-refractivity contribution in [2.75, 3.05) is 33.6 Å². The van der Waals surface area contributed by atoms with Gasteiger partial charge in [-0.3, -0.25) is 23.2 Å². The molecule has 0 radical (unpaired) electrons. The molecule has 18 nitrogen and oxygen atoms in total. The van der Waals surface area contributed by atoms with Crippen LogP contribution in [0.4, 0.5) is 11.5 Å². The number of nitrogens with two attached hydrogens (primary N) is 2. The molecular weight excluding hydrogens is 819 g/mol. The number of carbonyl (C=O) groups excluding carboxylic acids is 3. The lowest BCUT2D eigenvalue weighted by Gasteiger charge is -2.20. The number of ether oxygens (including phenoxy) is 3. The summed E-state index contributed by atoms with van der Waals surface area (Å²) in [6, 6.07) is 28.8. The average Bonchev–Trinajstić information content (AvgIpc) is 4.14. The van der Waals surface area contributed by atoms with Crippen LogP contribution in [0, 0.1) is 5.92 Å². The molecule has 62 heavy (non-hydrogen) atoms. The highest BCUT2D eigenvalue weighted by Gasteiger charge is 2.32. The molecule has 1 fully saturated rings. The minimum absolute atomic E-state index is 0.0172. The van der Waals surface area contributed by atoms with E-state index in [1.165, 1.54) is 63.3 Å². The number of anilines is 1. The van der Waals surface area contributed by atoms with Gasteiger partial charge in [-0.1, -0.05) is 66.7 Å². The number of hydrazone groups is 1. The maximum Gasteiger partial charge on any atom is 0.530 e. The van der Waals surface area contributed by atoms with Crippen LogP contribution in [-0.2, 0) is 43.1 Å². The van der Waals surface area contributed by atoms with E-state index in [2.05, 4.69) is 15.7 Å². The van der Waals surface area contributed by atoms with Crippen molar-refractivity contribution in [3.8, 4) is 17.2 Å². The molecule has 6 N–H and O–H groups in total. The number of amides is 2. The predicted molar refractivity (Wildman–Crippen MR) is 229 cm³/mol. The van der Waals surface area contributed by atoms with Crippen molar-refractivity contribution in [3.63, 3.8) is 0 Å². The fraction of sp³-hybridized carbons (Fsp3) is 0.233. The number of benzene rings is 4. The normalized spacial score (nSPS) is 12.9. The Balaban J connectivity index is 1.31. The minimum Gasteiger partial charge on any atom is -0.494 e. The number of aromatic nitrogens is 1. The number of hydrogen-bond acceptors (Lipinski definition) is 14. The van der Waals surface area contributed by atoms with Crippen LogP contribution < -0.4 is 41.6 Å². The Bertz CT molecular complexity index is 2500. The van der Waals surface area contributed by atoms with Crippen LogP contribution in [0.1, 0.15) is 50.2 Å². The van der Waals surface area contributed by atoms with Gasteiger partial charge in [0.2, 0.25) is 5.91 Å². The monoisotopic (exact) mass is 866 g/mol. The summed E-state index contributed by atoms with van der Waals surface area (Å²) >= 11 is 0. The molecule has 0 aliphatic heterocycles. The summed E-state index contributed by atoms with van der Waals surface area (Å²) in [5.41, 5.74) is 8.35. The highest BCUT2D eigenvalue weighted by Crippen LogP contribution is 2.53. The molecule has 1 aliphatic rings. The van der Waals surface area contributed by atoms with Gasteiger partial charge in [-0.2, -0.15) is 0 Å². The molecule has 0 unspecified atom stereocenters. The highest BCUT2D eigenvalue weighted by atomic mass is 31.2. The van der Waals surface area contributed by atoms with E-state index in [0.717, 1.165) is 16.2 Å². The Morgan fingerprint density at radius 2 is 1.52 bits per heavy atom. The van der Waals surface area contributed by atoms with Crippen molar-refractivity contribution < 1.29 is 46.7 Å². The van der Waals surface area contributed by atoms with Crippen molar-refractivity contribution >= 4 is 42.9 Å². The third kappa shape index (κ3) is 11.6. The lowest BCUT2D eigenvalue weighted by molar-refractivity contribution is -0.117. The summed E-state index contributed by atoms with van der Waals surface area (Å²) < 4.78 is 50.0. The molecule has 4 aromatic carbocycles.